The van der Waals surface area contributed by atoms with Crippen LogP contribution in [0.5, 0.6) is 0 Å². The van der Waals surface area contributed by atoms with Crippen LogP contribution in [0.15, 0.2) is 34.9 Å². The van der Waals surface area contributed by atoms with Crippen LogP contribution < -0.4 is 0 Å². The van der Waals surface area contributed by atoms with Crippen LogP contribution in [-0.4, -0.2) is 15.6 Å². The summed E-state index contributed by atoms with van der Waals surface area (Å²) in [4.78, 5) is 11.2. The molecule has 0 aromatic carbocycles. The van der Waals surface area contributed by atoms with Crippen molar-refractivity contribution in [2.45, 2.75) is 26.8 Å². The third-order valence-electron chi connectivity index (χ3n) is 2.77. The average Bonchev–Trinajstić information content (AvgIpc) is 2.89. The highest BCUT2D eigenvalue weighted by atomic mass is 16.4. The number of rotatable bonds is 5. The Kier molecular flexibility index (Phi) is 3.55. The predicted octanol–water partition coefficient (Wildman–Crippen LogP) is 3.03. The van der Waals surface area contributed by atoms with E-state index in [1.54, 1.807) is 12.3 Å². The molecule has 0 bridgehead atoms. The summed E-state index contributed by atoms with van der Waals surface area (Å²) in [5.41, 5.74) is 1.31. The third-order valence-corrected chi connectivity index (χ3v) is 2.77. The van der Waals surface area contributed by atoms with Crippen molar-refractivity contribution in [2.75, 3.05) is 0 Å². The van der Waals surface area contributed by atoms with Crippen LogP contribution >= 0.6 is 0 Å². The topological polar surface area (TPSA) is 55.4 Å². The monoisotopic (exact) mass is 247 g/mol. The molecule has 2 aromatic heterocycles. The van der Waals surface area contributed by atoms with Crippen molar-refractivity contribution < 1.29 is 14.3 Å². The molecule has 96 valence electrons. The van der Waals surface area contributed by atoms with Gasteiger partial charge in [0.1, 0.15) is 11.5 Å². The first-order valence-electron chi connectivity index (χ1n) is 6.02. The fourth-order valence-corrected chi connectivity index (χ4v) is 2.02. The maximum absolute atomic E-state index is 11.2. The van der Waals surface area contributed by atoms with E-state index in [4.69, 9.17) is 4.42 Å². The minimum atomic E-state index is -0.888. The normalized spacial score (nSPS) is 11.1. The van der Waals surface area contributed by atoms with Gasteiger partial charge < -0.3 is 14.1 Å². The van der Waals surface area contributed by atoms with Gasteiger partial charge in [-0.15, -0.1) is 0 Å². The Morgan fingerprint density at radius 1 is 1.39 bits per heavy atom. The van der Waals surface area contributed by atoms with Crippen molar-refractivity contribution in [3.63, 3.8) is 0 Å². The molecule has 0 amide bonds. The van der Waals surface area contributed by atoms with Gasteiger partial charge in [0, 0.05) is 18.7 Å². The average molecular weight is 247 g/mol. The van der Waals surface area contributed by atoms with Crippen LogP contribution in [0.25, 0.3) is 0 Å². The number of hydrogen-bond donors (Lipinski definition) is 1. The minimum absolute atomic E-state index is 0.338. The molecular weight excluding hydrogens is 230 g/mol. The van der Waals surface area contributed by atoms with Crippen LogP contribution in [0.2, 0.25) is 0 Å². The number of furan rings is 1. The second-order valence-electron chi connectivity index (χ2n) is 4.78. The maximum Gasteiger partial charge on any atom is 0.352 e. The second kappa shape index (κ2) is 5.12. The molecule has 0 unspecified atom stereocenters. The minimum Gasteiger partial charge on any atom is -0.477 e. The molecule has 2 aromatic rings. The lowest BCUT2D eigenvalue weighted by atomic mass is 10.2. The molecule has 0 saturated carbocycles. The van der Waals surface area contributed by atoms with Crippen molar-refractivity contribution >= 4 is 5.97 Å². The molecule has 2 heterocycles. The zero-order valence-corrected chi connectivity index (χ0v) is 10.6. The molecule has 0 aliphatic heterocycles. The first-order chi connectivity index (χ1) is 8.58. The Morgan fingerprint density at radius 3 is 2.72 bits per heavy atom. The van der Waals surface area contributed by atoms with E-state index in [-0.39, 0.29) is 0 Å². The quantitative estimate of drug-likeness (QED) is 0.883. The highest BCUT2D eigenvalue weighted by molar-refractivity contribution is 5.86. The Hall–Kier alpha value is -1.97. The summed E-state index contributed by atoms with van der Waals surface area (Å²) < 4.78 is 7.16. The Labute approximate surface area is 106 Å². The Bertz CT molecular complexity index is 523. The highest BCUT2D eigenvalue weighted by Gasteiger charge is 2.15. The number of nitrogens with zero attached hydrogens (tertiary/aromatic N) is 1. The molecule has 18 heavy (non-hydrogen) atoms. The standard InChI is InChI=1S/C14H17NO3/c1-10(2)9-15-11(5-6-13(15)14(16)17)8-12-4-3-7-18-12/h3-7,10H,8-9H2,1-2H3,(H,16,17). The fourth-order valence-electron chi connectivity index (χ4n) is 2.02. The summed E-state index contributed by atoms with van der Waals surface area (Å²) in [6.45, 7) is 4.84. The molecule has 2 rings (SSSR count). The first-order valence-corrected chi connectivity index (χ1v) is 6.02. The van der Waals surface area contributed by atoms with E-state index in [0.717, 1.165) is 11.5 Å². The summed E-state index contributed by atoms with van der Waals surface area (Å²) in [6.07, 6.45) is 2.25. The lowest BCUT2D eigenvalue weighted by molar-refractivity contribution is 0.0684. The molecule has 0 aliphatic carbocycles. The number of carboxylic acids is 1. The smallest absolute Gasteiger partial charge is 0.352 e. The number of hydrogen-bond acceptors (Lipinski definition) is 2. The van der Waals surface area contributed by atoms with E-state index < -0.39 is 5.97 Å². The Balaban J connectivity index is 2.31. The molecular formula is C14H17NO3. The highest BCUT2D eigenvalue weighted by Crippen LogP contribution is 2.16. The van der Waals surface area contributed by atoms with Gasteiger partial charge in [-0.25, -0.2) is 4.79 Å². The molecule has 0 aliphatic rings. The summed E-state index contributed by atoms with van der Waals surface area (Å²) in [5.74, 6) is 0.349. The van der Waals surface area contributed by atoms with E-state index >= 15 is 0 Å². The van der Waals surface area contributed by atoms with Crippen LogP contribution in [0.3, 0.4) is 0 Å². The van der Waals surface area contributed by atoms with Crippen LogP contribution in [-0.2, 0) is 13.0 Å². The van der Waals surface area contributed by atoms with Gasteiger partial charge >= 0.3 is 5.97 Å². The molecule has 0 radical (unpaired) electrons. The summed E-state index contributed by atoms with van der Waals surface area (Å²) in [5, 5.41) is 9.17. The number of carboxylic acid groups (broad SMARTS) is 1. The fraction of sp³-hybridized carbons (Fsp3) is 0.357. The Morgan fingerprint density at radius 2 is 2.17 bits per heavy atom. The van der Waals surface area contributed by atoms with Crippen LogP contribution in [0.4, 0.5) is 0 Å². The van der Waals surface area contributed by atoms with Crippen molar-refractivity contribution in [3.05, 3.63) is 47.7 Å². The van der Waals surface area contributed by atoms with E-state index in [1.807, 2.05) is 22.8 Å². The number of carbonyl (C=O) groups is 1. The van der Waals surface area contributed by atoms with Crippen molar-refractivity contribution in [2.24, 2.45) is 5.92 Å². The molecule has 0 saturated heterocycles. The molecule has 4 heteroatoms. The van der Waals surface area contributed by atoms with Gasteiger partial charge in [0.2, 0.25) is 0 Å². The molecule has 0 fully saturated rings. The van der Waals surface area contributed by atoms with E-state index in [1.165, 1.54) is 0 Å². The maximum atomic E-state index is 11.2. The zero-order chi connectivity index (χ0) is 13.1. The van der Waals surface area contributed by atoms with Gasteiger partial charge in [-0.1, -0.05) is 13.8 Å². The van der Waals surface area contributed by atoms with E-state index in [9.17, 15) is 9.90 Å². The van der Waals surface area contributed by atoms with Crippen molar-refractivity contribution in [3.8, 4) is 0 Å². The van der Waals surface area contributed by atoms with Gasteiger partial charge in [-0.2, -0.15) is 0 Å². The molecule has 0 spiro atoms. The predicted molar refractivity (Wildman–Crippen MR) is 67.7 cm³/mol. The zero-order valence-electron chi connectivity index (χ0n) is 10.6. The summed E-state index contributed by atoms with van der Waals surface area (Å²) in [7, 11) is 0. The summed E-state index contributed by atoms with van der Waals surface area (Å²) in [6, 6.07) is 7.24. The van der Waals surface area contributed by atoms with Crippen molar-refractivity contribution in [1.82, 2.24) is 4.57 Å². The van der Waals surface area contributed by atoms with Gasteiger partial charge in [-0.05, 0) is 30.2 Å². The summed E-state index contributed by atoms with van der Waals surface area (Å²) >= 11 is 0. The lowest BCUT2D eigenvalue weighted by Crippen LogP contribution is -2.14. The number of aromatic nitrogens is 1. The third kappa shape index (κ3) is 2.64. The van der Waals surface area contributed by atoms with E-state index in [0.29, 0.717) is 24.6 Å². The SMILES string of the molecule is CC(C)Cn1c(Cc2ccco2)ccc1C(=O)O. The molecule has 0 atom stereocenters. The van der Waals surface area contributed by atoms with Crippen LogP contribution in [0, 0.1) is 5.92 Å². The second-order valence-corrected chi connectivity index (χ2v) is 4.78. The van der Waals surface area contributed by atoms with E-state index in [2.05, 4.69) is 13.8 Å². The van der Waals surface area contributed by atoms with Gasteiger partial charge in [0.15, 0.2) is 0 Å². The van der Waals surface area contributed by atoms with Gasteiger partial charge in [0.05, 0.1) is 6.26 Å². The molecule has 1 N–H and O–H groups in total. The van der Waals surface area contributed by atoms with Crippen LogP contribution in [0.1, 0.15) is 35.8 Å². The largest absolute Gasteiger partial charge is 0.477 e. The first kappa shape index (κ1) is 12.5. The number of aromatic carboxylic acids is 1. The van der Waals surface area contributed by atoms with Gasteiger partial charge in [-0.3, -0.25) is 0 Å². The van der Waals surface area contributed by atoms with Crippen molar-refractivity contribution in [1.29, 1.82) is 0 Å². The van der Waals surface area contributed by atoms with Gasteiger partial charge in [0.25, 0.3) is 0 Å². The lowest BCUT2D eigenvalue weighted by Gasteiger charge is -2.13. The molecule has 4 nitrogen and oxygen atoms in total.